The normalized spacial score (nSPS) is 10.1. The number of nitrogens with zero attached hydrogens (tertiary/aromatic N) is 2. The van der Waals surface area contributed by atoms with Crippen LogP contribution < -0.4 is 5.32 Å². The summed E-state index contributed by atoms with van der Waals surface area (Å²) in [7, 11) is 0. The molecule has 2 rings (SSSR count). The van der Waals surface area contributed by atoms with Gasteiger partial charge >= 0.3 is 5.69 Å². The van der Waals surface area contributed by atoms with Gasteiger partial charge < -0.3 is 5.32 Å². The summed E-state index contributed by atoms with van der Waals surface area (Å²) in [5.74, 6) is 0.837. The smallest absolute Gasteiger partial charge is 0.310 e. The molecular weight excluding hydrogens is 262 g/mol. The number of anilines is 1. The van der Waals surface area contributed by atoms with Gasteiger partial charge in [0.05, 0.1) is 4.92 Å². The van der Waals surface area contributed by atoms with Gasteiger partial charge in [0.15, 0.2) is 0 Å². The van der Waals surface area contributed by atoms with Gasteiger partial charge in [-0.1, -0.05) is 18.2 Å². The molecule has 0 amide bonds. The number of thioether (sulfide) groups is 1. The molecule has 0 unspecified atom stereocenters. The SMILES string of the molecule is O=[N+]([O-])c1cnccc1NCCSc1ccccc1. The van der Waals surface area contributed by atoms with Gasteiger partial charge in [0.1, 0.15) is 11.9 Å². The topological polar surface area (TPSA) is 68.1 Å². The van der Waals surface area contributed by atoms with Gasteiger partial charge in [0, 0.05) is 23.4 Å². The van der Waals surface area contributed by atoms with Gasteiger partial charge in [-0.05, 0) is 18.2 Å². The maximum Gasteiger partial charge on any atom is 0.310 e. The Morgan fingerprint density at radius 1 is 1.26 bits per heavy atom. The zero-order valence-electron chi connectivity index (χ0n) is 10.2. The van der Waals surface area contributed by atoms with E-state index in [1.807, 2.05) is 30.3 Å². The molecule has 5 nitrogen and oxygen atoms in total. The summed E-state index contributed by atoms with van der Waals surface area (Å²) in [6.45, 7) is 0.657. The zero-order valence-corrected chi connectivity index (χ0v) is 11.0. The Labute approximate surface area is 115 Å². The molecule has 0 saturated heterocycles. The fraction of sp³-hybridized carbons (Fsp3) is 0.154. The number of nitrogens with one attached hydrogen (secondary N) is 1. The fourth-order valence-electron chi connectivity index (χ4n) is 1.55. The van der Waals surface area contributed by atoms with Crippen LogP contribution in [0.15, 0.2) is 53.7 Å². The van der Waals surface area contributed by atoms with Crippen LogP contribution in [0.1, 0.15) is 0 Å². The van der Waals surface area contributed by atoms with E-state index < -0.39 is 4.92 Å². The van der Waals surface area contributed by atoms with E-state index in [0.29, 0.717) is 12.2 Å². The second-order valence-corrected chi connectivity index (χ2v) is 4.91. The summed E-state index contributed by atoms with van der Waals surface area (Å²) >= 11 is 1.71. The number of aromatic nitrogens is 1. The monoisotopic (exact) mass is 275 g/mol. The van der Waals surface area contributed by atoms with E-state index in [0.717, 1.165) is 5.75 Å². The summed E-state index contributed by atoms with van der Waals surface area (Å²) < 4.78 is 0. The number of rotatable bonds is 6. The Balaban J connectivity index is 1.85. The van der Waals surface area contributed by atoms with Gasteiger partial charge in [0.25, 0.3) is 0 Å². The lowest BCUT2D eigenvalue weighted by Gasteiger charge is -2.06. The molecule has 0 radical (unpaired) electrons. The van der Waals surface area contributed by atoms with E-state index >= 15 is 0 Å². The second kappa shape index (κ2) is 6.75. The van der Waals surface area contributed by atoms with Gasteiger partial charge in [-0.2, -0.15) is 0 Å². The number of benzene rings is 1. The summed E-state index contributed by atoms with van der Waals surface area (Å²) in [5, 5.41) is 13.9. The van der Waals surface area contributed by atoms with E-state index in [-0.39, 0.29) is 5.69 Å². The number of nitro groups is 1. The number of pyridine rings is 1. The van der Waals surface area contributed by atoms with E-state index in [2.05, 4.69) is 10.3 Å². The molecule has 0 fully saturated rings. The largest absolute Gasteiger partial charge is 0.379 e. The second-order valence-electron chi connectivity index (χ2n) is 3.74. The lowest BCUT2D eigenvalue weighted by Crippen LogP contribution is -2.06. The van der Waals surface area contributed by atoms with Crippen LogP contribution in [0.3, 0.4) is 0 Å². The van der Waals surface area contributed by atoms with Crippen LogP contribution in [0.25, 0.3) is 0 Å². The lowest BCUT2D eigenvalue weighted by atomic mass is 10.3. The highest BCUT2D eigenvalue weighted by atomic mass is 32.2. The first kappa shape index (κ1) is 13.4. The third-order valence-electron chi connectivity index (χ3n) is 2.43. The Hall–Kier alpha value is -2.08. The molecule has 2 aromatic rings. The molecule has 6 heteroatoms. The van der Waals surface area contributed by atoms with Crippen LogP contribution in [0.2, 0.25) is 0 Å². The highest BCUT2D eigenvalue weighted by Gasteiger charge is 2.12. The molecule has 0 spiro atoms. The van der Waals surface area contributed by atoms with E-state index in [1.54, 1.807) is 24.0 Å². The number of hydrogen-bond donors (Lipinski definition) is 1. The van der Waals surface area contributed by atoms with E-state index in [4.69, 9.17) is 0 Å². The first-order valence-corrected chi connectivity index (χ1v) is 6.76. The highest BCUT2D eigenvalue weighted by molar-refractivity contribution is 7.99. The maximum absolute atomic E-state index is 10.8. The molecule has 0 bridgehead atoms. The summed E-state index contributed by atoms with van der Waals surface area (Å²) in [4.78, 5) is 15.3. The van der Waals surface area contributed by atoms with Crippen LogP contribution in [0.4, 0.5) is 11.4 Å². The summed E-state index contributed by atoms with van der Waals surface area (Å²) in [6.07, 6.45) is 2.80. The van der Waals surface area contributed by atoms with Crippen molar-refractivity contribution in [2.45, 2.75) is 4.90 Å². The first-order chi connectivity index (χ1) is 9.27. The molecule has 0 aliphatic rings. The molecule has 1 aromatic carbocycles. The van der Waals surface area contributed by atoms with E-state index in [9.17, 15) is 10.1 Å². The minimum atomic E-state index is -0.431. The highest BCUT2D eigenvalue weighted by Crippen LogP contribution is 2.22. The molecule has 0 saturated carbocycles. The first-order valence-electron chi connectivity index (χ1n) is 5.77. The minimum absolute atomic E-state index is 0.00668. The zero-order chi connectivity index (χ0) is 13.5. The predicted molar refractivity (Wildman–Crippen MR) is 76.5 cm³/mol. The van der Waals surface area contributed by atoms with Crippen LogP contribution in [0, 0.1) is 10.1 Å². The molecule has 0 aliphatic carbocycles. The van der Waals surface area contributed by atoms with Crippen molar-refractivity contribution >= 4 is 23.1 Å². The van der Waals surface area contributed by atoms with Crippen LogP contribution in [-0.2, 0) is 0 Å². The van der Waals surface area contributed by atoms with Crippen LogP contribution in [-0.4, -0.2) is 22.2 Å². The third kappa shape index (κ3) is 3.96. The Kier molecular flexibility index (Phi) is 4.74. The quantitative estimate of drug-likeness (QED) is 0.379. The molecule has 98 valence electrons. The Bertz CT molecular complexity index is 549. The molecule has 1 aromatic heterocycles. The molecule has 0 aliphatic heterocycles. The van der Waals surface area contributed by atoms with Crippen molar-refractivity contribution in [3.05, 3.63) is 58.9 Å². The molecular formula is C13H13N3O2S. The standard InChI is InChI=1S/C13H13N3O2S/c17-16(18)13-10-14-7-6-12(13)15-8-9-19-11-4-2-1-3-5-11/h1-7,10H,8-9H2,(H,14,15). The van der Waals surface area contributed by atoms with Crippen molar-refractivity contribution in [2.75, 3.05) is 17.6 Å². The Morgan fingerprint density at radius 2 is 2.05 bits per heavy atom. The van der Waals surface area contributed by atoms with Crippen molar-refractivity contribution in [2.24, 2.45) is 0 Å². The summed E-state index contributed by atoms with van der Waals surface area (Å²) in [6, 6.07) is 11.7. The van der Waals surface area contributed by atoms with Gasteiger partial charge in [0.2, 0.25) is 0 Å². The third-order valence-corrected chi connectivity index (χ3v) is 3.44. The van der Waals surface area contributed by atoms with Crippen molar-refractivity contribution in [1.82, 2.24) is 4.98 Å². The molecule has 19 heavy (non-hydrogen) atoms. The Morgan fingerprint density at radius 3 is 2.79 bits per heavy atom. The van der Waals surface area contributed by atoms with Gasteiger partial charge in [-0.3, -0.25) is 15.1 Å². The maximum atomic E-state index is 10.8. The number of hydrogen-bond acceptors (Lipinski definition) is 5. The fourth-order valence-corrected chi connectivity index (χ4v) is 2.34. The van der Waals surface area contributed by atoms with E-state index in [1.165, 1.54) is 11.1 Å². The minimum Gasteiger partial charge on any atom is -0.379 e. The van der Waals surface area contributed by atoms with Crippen molar-refractivity contribution < 1.29 is 4.92 Å². The van der Waals surface area contributed by atoms with Crippen LogP contribution in [0.5, 0.6) is 0 Å². The van der Waals surface area contributed by atoms with Crippen molar-refractivity contribution in [3.8, 4) is 0 Å². The van der Waals surface area contributed by atoms with Crippen molar-refractivity contribution in [3.63, 3.8) is 0 Å². The lowest BCUT2D eigenvalue weighted by molar-refractivity contribution is -0.384. The van der Waals surface area contributed by atoms with Crippen molar-refractivity contribution in [1.29, 1.82) is 0 Å². The molecule has 1 heterocycles. The van der Waals surface area contributed by atoms with Gasteiger partial charge in [-0.25, -0.2) is 0 Å². The molecule has 0 atom stereocenters. The molecule has 1 N–H and O–H groups in total. The average Bonchev–Trinajstić information content (AvgIpc) is 2.45. The van der Waals surface area contributed by atoms with Gasteiger partial charge in [-0.15, -0.1) is 11.8 Å². The summed E-state index contributed by atoms with van der Waals surface area (Å²) in [5.41, 5.74) is 0.515. The average molecular weight is 275 g/mol. The van der Waals surface area contributed by atoms with Crippen LogP contribution >= 0.6 is 11.8 Å². The predicted octanol–water partition coefficient (Wildman–Crippen LogP) is 3.19.